The zero-order valence-corrected chi connectivity index (χ0v) is 22.0. The number of thiazole rings is 1. The predicted molar refractivity (Wildman–Crippen MR) is 138 cm³/mol. The van der Waals surface area contributed by atoms with Crippen LogP contribution in [0.15, 0.2) is 47.4 Å². The van der Waals surface area contributed by atoms with Gasteiger partial charge >= 0.3 is 0 Å². The van der Waals surface area contributed by atoms with Crippen molar-refractivity contribution in [3.8, 4) is 11.5 Å². The average Bonchev–Trinajstić information content (AvgIpc) is 3.37. The molecule has 3 aromatic rings. The number of hydrogen-bond acceptors (Lipinski definition) is 10. The molecular formula is C25H29N3O7S2. The smallest absolute Gasteiger partial charge is 0.265 e. The van der Waals surface area contributed by atoms with Crippen molar-refractivity contribution >= 4 is 42.4 Å². The van der Waals surface area contributed by atoms with Crippen LogP contribution in [0.3, 0.4) is 0 Å². The third-order valence-corrected chi connectivity index (χ3v) is 10.6. The van der Waals surface area contributed by atoms with Gasteiger partial charge in [-0.25, -0.2) is 18.9 Å². The summed E-state index contributed by atoms with van der Waals surface area (Å²) in [6.45, 7) is 1.78. The highest BCUT2D eigenvalue weighted by Gasteiger charge is 2.52. The number of benzene rings is 2. The van der Waals surface area contributed by atoms with E-state index in [-0.39, 0.29) is 37.1 Å². The largest absolute Gasteiger partial charge is 0.497 e. The van der Waals surface area contributed by atoms with Crippen molar-refractivity contribution in [1.29, 1.82) is 0 Å². The quantitative estimate of drug-likeness (QED) is 0.339. The van der Waals surface area contributed by atoms with Crippen molar-refractivity contribution in [3.05, 3.63) is 42.5 Å². The van der Waals surface area contributed by atoms with E-state index in [0.29, 0.717) is 5.52 Å². The lowest BCUT2D eigenvalue weighted by Gasteiger charge is -2.34. The molecule has 0 spiro atoms. The maximum Gasteiger partial charge on any atom is 0.265 e. The van der Waals surface area contributed by atoms with Gasteiger partial charge in [0.1, 0.15) is 17.6 Å². The van der Waals surface area contributed by atoms with E-state index in [0.717, 1.165) is 47.3 Å². The van der Waals surface area contributed by atoms with Gasteiger partial charge in [0.2, 0.25) is 0 Å². The van der Waals surface area contributed by atoms with E-state index in [9.17, 15) is 18.4 Å². The number of sulfone groups is 1. The molecule has 0 saturated carbocycles. The molecule has 2 saturated heterocycles. The van der Waals surface area contributed by atoms with E-state index in [1.54, 1.807) is 24.7 Å². The summed E-state index contributed by atoms with van der Waals surface area (Å²) < 4.78 is 42.8. The fourth-order valence-corrected chi connectivity index (χ4v) is 7.95. The Morgan fingerprint density at radius 2 is 1.81 bits per heavy atom. The first-order chi connectivity index (χ1) is 17.9. The number of hydrogen-bond donors (Lipinski definition) is 2. The molecule has 5 rings (SSSR count). The molecule has 198 valence electrons. The highest BCUT2D eigenvalue weighted by atomic mass is 32.2. The predicted octanol–water partition coefficient (Wildman–Crippen LogP) is 3.18. The first kappa shape index (κ1) is 25.7. The molecule has 0 atom stereocenters. The van der Waals surface area contributed by atoms with Gasteiger partial charge in [-0.3, -0.25) is 10.0 Å². The Labute approximate surface area is 219 Å². The Morgan fingerprint density at radius 1 is 1.14 bits per heavy atom. The fraction of sp³-hybridized carbons (Fsp3) is 0.440. The van der Waals surface area contributed by atoms with Crippen molar-refractivity contribution in [2.24, 2.45) is 0 Å². The molecule has 0 radical (unpaired) electrons. The number of piperidine rings is 1. The number of fused-ring (bicyclic) bond motifs is 1. The summed E-state index contributed by atoms with van der Waals surface area (Å²) in [5.74, 6) is 0.666. The van der Waals surface area contributed by atoms with Crippen LogP contribution in [-0.2, 0) is 19.4 Å². The van der Waals surface area contributed by atoms with E-state index in [2.05, 4.69) is 4.90 Å². The number of rotatable bonds is 7. The molecule has 2 aliphatic heterocycles. The normalized spacial score (nSPS) is 18.5. The van der Waals surface area contributed by atoms with Gasteiger partial charge in [-0.05, 0) is 55.3 Å². The molecule has 1 aromatic heterocycles. The van der Waals surface area contributed by atoms with Crippen LogP contribution in [0.5, 0.6) is 11.5 Å². The molecule has 2 aliphatic rings. The van der Waals surface area contributed by atoms with Crippen molar-refractivity contribution in [2.45, 2.75) is 41.4 Å². The number of carbonyl (C=O) groups is 1. The molecule has 2 aromatic carbocycles. The Balaban J connectivity index is 1.31. The molecule has 10 nitrogen and oxygen atoms in total. The zero-order valence-electron chi connectivity index (χ0n) is 20.4. The van der Waals surface area contributed by atoms with Crippen molar-refractivity contribution < 1.29 is 32.6 Å². The number of amides is 1. The number of aromatic nitrogens is 1. The first-order valence-corrected chi connectivity index (χ1v) is 14.4. The van der Waals surface area contributed by atoms with E-state index in [1.165, 1.54) is 17.4 Å². The van der Waals surface area contributed by atoms with Crippen LogP contribution in [0.1, 0.15) is 25.7 Å². The second-order valence-electron chi connectivity index (χ2n) is 9.16. The third kappa shape index (κ3) is 4.86. The SMILES string of the molecule is COc1ccc(OC2CCN(c3nc4ccc(S(=O)(=O)C5(C(=O)NO)CCOCC5)cc4s3)CC2)cc1. The van der Waals surface area contributed by atoms with E-state index in [1.807, 2.05) is 24.3 Å². The molecule has 1 amide bonds. The average molecular weight is 548 g/mol. The number of hydroxylamine groups is 1. The Bertz CT molecular complexity index is 1360. The summed E-state index contributed by atoms with van der Waals surface area (Å²) >= 11 is 1.42. The summed E-state index contributed by atoms with van der Waals surface area (Å²) in [5, 5.41) is 10.1. The van der Waals surface area contributed by atoms with Gasteiger partial charge < -0.3 is 19.1 Å². The number of methoxy groups -OCH3 is 1. The van der Waals surface area contributed by atoms with Gasteiger partial charge in [0.25, 0.3) is 5.91 Å². The fourth-order valence-electron chi connectivity index (χ4n) is 4.85. The van der Waals surface area contributed by atoms with Crippen molar-refractivity contribution in [1.82, 2.24) is 10.5 Å². The second kappa shape index (κ2) is 10.4. The zero-order chi connectivity index (χ0) is 26.0. The molecule has 2 N–H and O–H groups in total. The number of nitrogens with zero attached hydrogens (tertiary/aromatic N) is 2. The van der Waals surface area contributed by atoms with Gasteiger partial charge in [-0.15, -0.1) is 0 Å². The van der Waals surface area contributed by atoms with Crippen LogP contribution in [0.2, 0.25) is 0 Å². The maximum atomic E-state index is 13.6. The summed E-state index contributed by atoms with van der Waals surface area (Å²) in [4.78, 5) is 19.5. The van der Waals surface area contributed by atoms with E-state index < -0.39 is 20.5 Å². The summed E-state index contributed by atoms with van der Waals surface area (Å²) in [6.07, 6.45) is 1.72. The Hall–Kier alpha value is -2.93. The van der Waals surface area contributed by atoms with Crippen LogP contribution in [0, 0.1) is 0 Å². The lowest BCUT2D eigenvalue weighted by atomic mass is 9.98. The number of carbonyl (C=O) groups excluding carboxylic acids is 1. The summed E-state index contributed by atoms with van der Waals surface area (Å²) in [5.41, 5.74) is 2.25. The molecule has 0 unspecified atom stereocenters. The van der Waals surface area contributed by atoms with E-state index >= 15 is 0 Å². The minimum absolute atomic E-state index is 0.0265. The second-order valence-corrected chi connectivity index (χ2v) is 12.4. The van der Waals surface area contributed by atoms with Crippen LogP contribution in [-0.4, -0.2) is 68.8 Å². The molecule has 0 bridgehead atoms. The van der Waals surface area contributed by atoms with Gasteiger partial charge in [0.05, 0.1) is 22.2 Å². The third-order valence-electron chi connectivity index (χ3n) is 7.06. The van der Waals surface area contributed by atoms with E-state index in [4.69, 9.17) is 19.2 Å². The van der Waals surface area contributed by atoms with Gasteiger partial charge in [0, 0.05) is 39.1 Å². The molecule has 0 aliphatic carbocycles. The van der Waals surface area contributed by atoms with Crippen molar-refractivity contribution in [2.75, 3.05) is 38.3 Å². The van der Waals surface area contributed by atoms with Crippen LogP contribution < -0.4 is 19.9 Å². The molecular weight excluding hydrogens is 518 g/mol. The van der Waals surface area contributed by atoms with Crippen LogP contribution in [0.4, 0.5) is 5.13 Å². The van der Waals surface area contributed by atoms with Crippen LogP contribution in [0.25, 0.3) is 10.2 Å². The Kier molecular flexibility index (Phi) is 7.26. The first-order valence-electron chi connectivity index (χ1n) is 12.1. The van der Waals surface area contributed by atoms with Gasteiger partial charge in [-0.1, -0.05) is 11.3 Å². The Morgan fingerprint density at radius 3 is 2.46 bits per heavy atom. The summed E-state index contributed by atoms with van der Waals surface area (Å²) in [7, 11) is -2.46. The maximum absolute atomic E-state index is 13.6. The number of anilines is 1. The molecule has 37 heavy (non-hydrogen) atoms. The highest BCUT2D eigenvalue weighted by molar-refractivity contribution is 7.93. The summed E-state index contributed by atoms with van der Waals surface area (Å²) in [6, 6.07) is 12.3. The van der Waals surface area contributed by atoms with Gasteiger partial charge in [-0.2, -0.15) is 0 Å². The lowest BCUT2D eigenvalue weighted by Crippen LogP contribution is -2.54. The molecule has 3 heterocycles. The highest BCUT2D eigenvalue weighted by Crippen LogP contribution is 2.38. The number of ether oxygens (including phenoxy) is 3. The lowest BCUT2D eigenvalue weighted by molar-refractivity contribution is -0.134. The van der Waals surface area contributed by atoms with Crippen LogP contribution >= 0.6 is 11.3 Å². The molecule has 2 fully saturated rings. The minimum atomic E-state index is -4.09. The topological polar surface area (TPSA) is 127 Å². The van der Waals surface area contributed by atoms with Crippen molar-refractivity contribution in [3.63, 3.8) is 0 Å². The molecule has 12 heteroatoms. The monoisotopic (exact) mass is 547 g/mol. The van der Waals surface area contributed by atoms with Gasteiger partial charge in [0.15, 0.2) is 19.7 Å². The number of nitrogens with one attached hydrogen (secondary N) is 1. The standard InChI is InChI=1S/C25H29N3O7S2/c1-33-17-2-4-18(5-3-17)35-19-8-12-28(13-9-19)24-26-21-7-6-20(16-22(21)36-24)37(31,32)25(23(29)27-30)10-14-34-15-11-25/h2-7,16,19,30H,8-15H2,1H3,(H,27,29). The minimum Gasteiger partial charge on any atom is -0.497 e.